The Hall–Kier alpha value is -2.07. The molecule has 0 fully saturated rings. The summed E-state index contributed by atoms with van der Waals surface area (Å²) in [6.07, 6.45) is 0. The highest BCUT2D eigenvalue weighted by Crippen LogP contribution is 2.32. The van der Waals surface area contributed by atoms with Crippen LogP contribution in [0.2, 0.25) is 5.02 Å². The van der Waals surface area contributed by atoms with Gasteiger partial charge in [-0.2, -0.15) is 0 Å². The van der Waals surface area contributed by atoms with E-state index in [4.69, 9.17) is 11.6 Å². The highest BCUT2D eigenvalue weighted by Gasteiger charge is 2.12. The zero-order valence-electron chi connectivity index (χ0n) is 10.8. The van der Waals surface area contributed by atoms with Gasteiger partial charge in [-0.1, -0.05) is 23.7 Å². The summed E-state index contributed by atoms with van der Waals surface area (Å²) in [4.78, 5) is 11.8. The first-order valence-electron chi connectivity index (χ1n) is 6.09. The molecule has 2 N–H and O–H groups in total. The van der Waals surface area contributed by atoms with E-state index in [9.17, 15) is 14.3 Å². The smallest absolute Gasteiger partial charge is 0.251 e. The standard InChI is InChI=1S/C15H13ClFNO2/c1-2-18-15(20)10-5-3-4-9(6-10)11-7-12(16)14(19)8-13(11)17/h3-8,19H,2H2,1H3,(H,18,20). The van der Waals surface area contributed by atoms with Crippen molar-refractivity contribution in [3.63, 3.8) is 0 Å². The summed E-state index contributed by atoms with van der Waals surface area (Å²) in [5.41, 5.74) is 1.19. The lowest BCUT2D eigenvalue weighted by atomic mass is 10.0. The summed E-state index contributed by atoms with van der Waals surface area (Å²) in [5, 5.41) is 12.1. The van der Waals surface area contributed by atoms with Crippen LogP contribution in [0.1, 0.15) is 17.3 Å². The normalized spacial score (nSPS) is 10.3. The molecule has 0 saturated heterocycles. The highest BCUT2D eigenvalue weighted by molar-refractivity contribution is 6.32. The molecule has 0 aliphatic heterocycles. The van der Waals surface area contributed by atoms with E-state index in [1.165, 1.54) is 6.07 Å². The van der Waals surface area contributed by atoms with E-state index >= 15 is 0 Å². The molecule has 0 spiro atoms. The third-order valence-corrected chi connectivity index (χ3v) is 3.11. The van der Waals surface area contributed by atoms with Crippen LogP contribution in [0.4, 0.5) is 4.39 Å². The van der Waals surface area contributed by atoms with Crippen molar-refractivity contribution in [2.45, 2.75) is 6.92 Å². The quantitative estimate of drug-likeness (QED) is 0.908. The maximum atomic E-state index is 13.9. The number of nitrogens with one attached hydrogen (secondary N) is 1. The van der Waals surface area contributed by atoms with E-state index in [1.54, 1.807) is 24.3 Å². The van der Waals surface area contributed by atoms with Gasteiger partial charge >= 0.3 is 0 Å². The minimum absolute atomic E-state index is 0.0600. The van der Waals surface area contributed by atoms with E-state index in [0.717, 1.165) is 6.07 Å². The average Bonchev–Trinajstić information content (AvgIpc) is 2.43. The highest BCUT2D eigenvalue weighted by atomic mass is 35.5. The van der Waals surface area contributed by atoms with Crippen LogP contribution in [0, 0.1) is 5.82 Å². The largest absolute Gasteiger partial charge is 0.506 e. The fourth-order valence-corrected chi connectivity index (χ4v) is 2.01. The van der Waals surface area contributed by atoms with E-state index in [2.05, 4.69) is 5.32 Å². The SMILES string of the molecule is CCNC(=O)c1cccc(-c2cc(Cl)c(O)cc2F)c1. The second kappa shape index (κ2) is 5.92. The second-order valence-electron chi connectivity index (χ2n) is 4.22. The molecule has 1 amide bonds. The average molecular weight is 294 g/mol. The Balaban J connectivity index is 2.46. The Morgan fingerprint density at radius 2 is 2.10 bits per heavy atom. The fourth-order valence-electron chi connectivity index (χ4n) is 1.85. The monoisotopic (exact) mass is 293 g/mol. The molecule has 0 radical (unpaired) electrons. The fraction of sp³-hybridized carbons (Fsp3) is 0.133. The number of phenols is 1. The van der Waals surface area contributed by atoms with Gasteiger partial charge in [0.1, 0.15) is 11.6 Å². The van der Waals surface area contributed by atoms with Gasteiger partial charge in [0.25, 0.3) is 5.91 Å². The first kappa shape index (κ1) is 14.3. The minimum Gasteiger partial charge on any atom is -0.506 e. The van der Waals surface area contributed by atoms with E-state index in [-0.39, 0.29) is 22.2 Å². The molecule has 2 aromatic rings. The van der Waals surface area contributed by atoms with Gasteiger partial charge in [-0.05, 0) is 30.7 Å². The number of carbonyl (C=O) groups is 1. The molecule has 0 aromatic heterocycles. The van der Waals surface area contributed by atoms with Crippen molar-refractivity contribution < 1.29 is 14.3 Å². The van der Waals surface area contributed by atoms with Gasteiger partial charge in [0, 0.05) is 23.7 Å². The molecule has 5 heteroatoms. The first-order chi connectivity index (χ1) is 9.52. The molecule has 2 rings (SSSR count). The molecule has 104 valence electrons. The van der Waals surface area contributed by atoms with Crippen LogP contribution in [0.3, 0.4) is 0 Å². The van der Waals surface area contributed by atoms with Crippen molar-refractivity contribution in [1.82, 2.24) is 5.32 Å². The van der Waals surface area contributed by atoms with Crippen molar-refractivity contribution >= 4 is 17.5 Å². The number of amides is 1. The summed E-state index contributed by atoms with van der Waals surface area (Å²) in [6.45, 7) is 2.34. The summed E-state index contributed by atoms with van der Waals surface area (Å²) in [7, 11) is 0. The number of benzene rings is 2. The molecule has 0 heterocycles. The summed E-state index contributed by atoms with van der Waals surface area (Å²) in [5.74, 6) is -1.13. The third kappa shape index (κ3) is 2.91. The van der Waals surface area contributed by atoms with Crippen molar-refractivity contribution in [2.24, 2.45) is 0 Å². The van der Waals surface area contributed by atoms with Gasteiger partial charge < -0.3 is 10.4 Å². The zero-order chi connectivity index (χ0) is 14.7. The number of rotatable bonds is 3. The molecular weight excluding hydrogens is 281 g/mol. The van der Waals surface area contributed by atoms with Crippen LogP contribution in [-0.2, 0) is 0 Å². The Bertz CT molecular complexity index is 658. The predicted molar refractivity (Wildman–Crippen MR) is 76.5 cm³/mol. The summed E-state index contributed by atoms with van der Waals surface area (Å²) >= 11 is 5.79. The van der Waals surface area contributed by atoms with Crippen LogP contribution in [0.25, 0.3) is 11.1 Å². The molecule has 0 aliphatic rings. The molecule has 0 atom stereocenters. The van der Waals surface area contributed by atoms with Crippen molar-refractivity contribution in [2.75, 3.05) is 6.54 Å². The topological polar surface area (TPSA) is 49.3 Å². The summed E-state index contributed by atoms with van der Waals surface area (Å²) in [6, 6.07) is 8.86. The molecule has 0 bridgehead atoms. The Morgan fingerprint density at radius 1 is 1.35 bits per heavy atom. The number of halogens is 2. The molecule has 0 aliphatic carbocycles. The van der Waals surface area contributed by atoms with Crippen molar-refractivity contribution in [3.05, 3.63) is 52.8 Å². The number of carbonyl (C=O) groups excluding carboxylic acids is 1. The van der Waals surface area contributed by atoms with E-state index in [0.29, 0.717) is 17.7 Å². The Kier molecular flexibility index (Phi) is 4.25. The van der Waals surface area contributed by atoms with Crippen molar-refractivity contribution in [3.8, 4) is 16.9 Å². The second-order valence-corrected chi connectivity index (χ2v) is 4.63. The lowest BCUT2D eigenvalue weighted by Crippen LogP contribution is -2.22. The maximum absolute atomic E-state index is 13.9. The lowest BCUT2D eigenvalue weighted by Gasteiger charge is -2.08. The van der Waals surface area contributed by atoms with Crippen LogP contribution in [0.5, 0.6) is 5.75 Å². The Labute approximate surface area is 121 Å². The number of hydrogen-bond donors (Lipinski definition) is 2. The van der Waals surface area contributed by atoms with Crippen LogP contribution in [0.15, 0.2) is 36.4 Å². The van der Waals surface area contributed by atoms with Gasteiger partial charge in [0.15, 0.2) is 0 Å². The number of phenolic OH excluding ortho intramolecular Hbond substituents is 1. The number of hydrogen-bond acceptors (Lipinski definition) is 2. The van der Waals surface area contributed by atoms with Crippen LogP contribution >= 0.6 is 11.6 Å². The minimum atomic E-state index is -0.597. The van der Waals surface area contributed by atoms with E-state index in [1.807, 2.05) is 6.92 Å². The summed E-state index contributed by atoms with van der Waals surface area (Å²) < 4.78 is 13.9. The van der Waals surface area contributed by atoms with Crippen molar-refractivity contribution in [1.29, 1.82) is 0 Å². The zero-order valence-corrected chi connectivity index (χ0v) is 11.5. The van der Waals surface area contributed by atoms with Gasteiger partial charge in [-0.3, -0.25) is 4.79 Å². The molecular formula is C15H13ClFNO2. The molecule has 0 saturated carbocycles. The van der Waals surface area contributed by atoms with Crippen LogP contribution in [-0.4, -0.2) is 17.6 Å². The Morgan fingerprint density at radius 3 is 2.80 bits per heavy atom. The molecule has 20 heavy (non-hydrogen) atoms. The van der Waals surface area contributed by atoms with Gasteiger partial charge in [0.05, 0.1) is 5.02 Å². The predicted octanol–water partition coefficient (Wildman–Crippen LogP) is 3.60. The molecule has 0 unspecified atom stereocenters. The van der Waals surface area contributed by atoms with E-state index < -0.39 is 5.82 Å². The van der Waals surface area contributed by atoms with Gasteiger partial charge in [-0.15, -0.1) is 0 Å². The third-order valence-electron chi connectivity index (χ3n) is 2.81. The number of aromatic hydroxyl groups is 1. The maximum Gasteiger partial charge on any atom is 0.251 e. The van der Waals surface area contributed by atoms with Gasteiger partial charge in [-0.25, -0.2) is 4.39 Å². The first-order valence-corrected chi connectivity index (χ1v) is 6.47. The van der Waals surface area contributed by atoms with Crippen LogP contribution < -0.4 is 5.32 Å². The molecule has 2 aromatic carbocycles. The lowest BCUT2D eigenvalue weighted by molar-refractivity contribution is 0.0956. The molecule has 3 nitrogen and oxygen atoms in total. The van der Waals surface area contributed by atoms with Gasteiger partial charge in [0.2, 0.25) is 0 Å².